The fourth-order valence-corrected chi connectivity index (χ4v) is 3.91. The number of alkyl halides is 3. The molecule has 2 N–H and O–H groups in total. The Hall–Kier alpha value is -3.10. The van der Waals surface area contributed by atoms with Crippen LogP contribution in [0.4, 0.5) is 13.2 Å². The maximum absolute atomic E-state index is 13.4. The van der Waals surface area contributed by atoms with Gasteiger partial charge in [-0.3, -0.25) is 9.59 Å². The molecule has 1 aliphatic carbocycles. The Labute approximate surface area is 178 Å². The van der Waals surface area contributed by atoms with Crippen LogP contribution in [0.2, 0.25) is 0 Å². The Morgan fingerprint density at radius 3 is 2.45 bits per heavy atom. The van der Waals surface area contributed by atoms with Gasteiger partial charge in [-0.05, 0) is 44.9 Å². The molecule has 1 heterocycles. The molecule has 2 aromatic rings. The lowest BCUT2D eigenvalue weighted by Crippen LogP contribution is -2.44. The van der Waals surface area contributed by atoms with Crippen molar-refractivity contribution in [1.29, 1.82) is 0 Å². The van der Waals surface area contributed by atoms with Crippen molar-refractivity contribution in [3.05, 3.63) is 52.8 Å². The third-order valence-electron chi connectivity index (χ3n) is 5.44. The number of hydrazone groups is 1. The number of halogens is 3. The summed E-state index contributed by atoms with van der Waals surface area (Å²) in [5.74, 6) is -1.62. The first-order chi connectivity index (χ1) is 14.7. The van der Waals surface area contributed by atoms with Gasteiger partial charge in [-0.1, -0.05) is 31.4 Å². The Kier molecular flexibility index (Phi) is 6.82. The number of amides is 2. The van der Waals surface area contributed by atoms with E-state index in [1.165, 1.54) is 22.9 Å². The average Bonchev–Trinajstić information content (AvgIpc) is 3.01. The molecule has 0 atom stereocenters. The molecule has 9 heteroatoms. The monoisotopic (exact) mass is 434 g/mol. The van der Waals surface area contributed by atoms with Crippen LogP contribution in [0.1, 0.15) is 54.6 Å². The van der Waals surface area contributed by atoms with E-state index in [-0.39, 0.29) is 11.7 Å². The van der Waals surface area contributed by atoms with Crippen molar-refractivity contribution >= 4 is 18.0 Å². The Morgan fingerprint density at radius 2 is 1.77 bits per heavy atom. The minimum Gasteiger partial charge on any atom is -0.345 e. The van der Waals surface area contributed by atoms with Gasteiger partial charge >= 0.3 is 18.0 Å². The third kappa shape index (κ3) is 5.34. The van der Waals surface area contributed by atoms with Gasteiger partial charge in [0.25, 0.3) is 0 Å². The number of para-hydroxylation sites is 1. The van der Waals surface area contributed by atoms with Crippen molar-refractivity contribution in [2.45, 2.75) is 58.2 Å². The smallest absolute Gasteiger partial charge is 0.345 e. The molecule has 0 unspecified atom stereocenters. The number of carbonyl (C=O) groups excluding carboxylic acids is 2. The number of aromatic nitrogens is 1. The average molecular weight is 434 g/mol. The molecule has 0 spiro atoms. The van der Waals surface area contributed by atoms with Gasteiger partial charge in [0.1, 0.15) is 0 Å². The highest BCUT2D eigenvalue weighted by atomic mass is 19.4. The number of hydrogen-bond acceptors (Lipinski definition) is 3. The van der Waals surface area contributed by atoms with E-state index >= 15 is 0 Å². The molecule has 1 aromatic carbocycles. The lowest BCUT2D eigenvalue weighted by atomic mass is 9.95. The first kappa shape index (κ1) is 22.6. The number of hydrogen-bond donors (Lipinski definition) is 2. The summed E-state index contributed by atoms with van der Waals surface area (Å²) in [6.45, 7) is 3.35. The summed E-state index contributed by atoms with van der Waals surface area (Å²) in [4.78, 5) is 24.0. The highest BCUT2D eigenvalue weighted by molar-refractivity contribution is 6.35. The van der Waals surface area contributed by atoms with Gasteiger partial charge in [-0.25, -0.2) is 5.43 Å². The van der Waals surface area contributed by atoms with Crippen LogP contribution >= 0.6 is 0 Å². The minimum atomic E-state index is -4.49. The predicted octanol–water partition coefficient (Wildman–Crippen LogP) is 4.01. The topological polar surface area (TPSA) is 75.5 Å². The van der Waals surface area contributed by atoms with E-state index in [1.807, 2.05) is 0 Å². The fourth-order valence-electron chi connectivity index (χ4n) is 3.91. The lowest BCUT2D eigenvalue weighted by Gasteiger charge is -2.22. The number of carbonyl (C=O) groups is 2. The van der Waals surface area contributed by atoms with Gasteiger partial charge in [0.05, 0.1) is 17.5 Å². The van der Waals surface area contributed by atoms with Crippen LogP contribution in [0.15, 0.2) is 35.4 Å². The predicted molar refractivity (Wildman–Crippen MR) is 111 cm³/mol. The summed E-state index contributed by atoms with van der Waals surface area (Å²) in [6, 6.07) is 7.00. The fraction of sp³-hybridized carbons (Fsp3) is 0.409. The molecule has 1 aliphatic rings. The van der Waals surface area contributed by atoms with E-state index in [0.29, 0.717) is 17.0 Å². The van der Waals surface area contributed by atoms with Gasteiger partial charge in [-0.15, -0.1) is 0 Å². The van der Waals surface area contributed by atoms with Crippen molar-refractivity contribution in [3.63, 3.8) is 0 Å². The summed E-state index contributed by atoms with van der Waals surface area (Å²) in [5.41, 5.74) is 3.09. The van der Waals surface area contributed by atoms with Crippen molar-refractivity contribution in [1.82, 2.24) is 15.3 Å². The largest absolute Gasteiger partial charge is 0.418 e. The highest BCUT2D eigenvalue weighted by Crippen LogP contribution is 2.35. The molecule has 1 aromatic heterocycles. The molecule has 0 saturated heterocycles. The van der Waals surface area contributed by atoms with Crippen LogP contribution in [0.5, 0.6) is 0 Å². The van der Waals surface area contributed by atoms with E-state index in [0.717, 1.165) is 38.2 Å². The normalized spacial score (nSPS) is 15.3. The molecule has 166 valence electrons. The second-order valence-corrected chi connectivity index (χ2v) is 7.68. The van der Waals surface area contributed by atoms with Gasteiger partial charge in [-0.2, -0.15) is 18.3 Å². The third-order valence-corrected chi connectivity index (χ3v) is 5.44. The molecule has 1 fully saturated rings. The minimum absolute atomic E-state index is 0.00334. The quantitative estimate of drug-likeness (QED) is 0.433. The highest BCUT2D eigenvalue weighted by Gasteiger charge is 2.34. The van der Waals surface area contributed by atoms with Gasteiger partial charge in [0, 0.05) is 23.0 Å². The van der Waals surface area contributed by atoms with Crippen molar-refractivity contribution in [2.24, 2.45) is 5.10 Å². The van der Waals surface area contributed by atoms with Gasteiger partial charge < -0.3 is 9.88 Å². The van der Waals surface area contributed by atoms with Crippen LogP contribution < -0.4 is 10.7 Å². The van der Waals surface area contributed by atoms with E-state index in [9.17, 15) is 22.8 Å². The molecule has 1 saturated carbocycles. The zero-order valence-corrected chi connectivity index (χ0v) is 17.4. The SMILES string of the molecule is Cc1cc(C=NNC(=O)C(=O)NC2CCCCC2)c(C)n1-c1ccccc1C(F)(F)F. The van der Waals surface area contributed by atoms with Gasteiger partial charge in [0.2, 0.25) is 0 Å². The zero-order chi connectivity index (χ0) is 22.6. The lowest BCUT2D eigenvalue weighted by molar-refractivity contribution is -0.139. The second-order valence-electron chi connectivity index (χ2n) is 7.68. The number of aryl methyl sites for hydroxylation is 1. The molecule has 2 amide bonds. The molecule has 0 aliphatic heterocycles. The Bertz CT molecular complexity index is 989. The molecule has 31 heavy (non-hydrogen) atoms. The Morgan fingerprint density at radius 1 is 1.10 bits per heavy atom. The standard InChI is InChI=1S/C22H25F3N4O2/c1-14-12-16(13-26-28-21(31)20(30)27-17-8-4-3-5-9-17)15(2)29(14)19-11-7-6-10-18(19)22(23,24)25/h6-7,10-13,17H,3-5,8-9H2,1-2H3,(H,27,30)(H,28,31). The molecule has 6 nitrogen and oxygen atoms in total. The number of nitrogens with one attached hydrogen (secondary N) is 2. The van der Waals surface area contributed by atoms with Gasteiger partial charge in [0.15, 0.2) is 0 Å². The van der Waals surface area contributed by atoms with Crippen LogP contribution in [-0.4, -0.2) is 28.6 Å². The molecular weight excluding hydrogens is 409 g/mol. The maximum Gasteiger partial charge on any atom is 0.418 e. The molecular formula is C22H25F3N4O2. The second kappa shape index (κ2) is 9.36. The maximum atomic E-state index is 13.4. The molecule has 3 rings (SSSR count). The van der Waals surface area contributed by atoms with Crippen LogP contribution in [0.25, 0.3) is 5.69 Å². The van der Waals surface area contributed by atoms with Crippen LogP contribution in [0.3, 0.4) is 0 Å². The van der Waals surface area contributed by atoms with Crippen molar-refractivity contribution in [3.8, 4) is 5.69 Å². The van der Waals surface area contributed by atoms with Crippen LogP contribution in [0, 0.1) is 13.8 Å². The molecule has 0 bridgehead atoms. The van der Waals surface area contributed by atoms with Crippen molar-refractivity contribution in [2.75, 3.05) is 0 Å². The first-order valence-corrected chi connectivity index (χ1v) is 10.2. The van der Waals surface area contributed by atoms with E-state index < -0.39 is 23.6 Å². The summed E-state index contributed by atoms with van der Waals surface area (Å²) in [5, 5.41) is 6.51. The molecule has 0 radical (unpaired) electrons. The number of rotatable bonds is 4. The first-order valence-electron chi connectivity index (χ1n) is 10.2. The number of nitrogens with zero attached hydrogens (tertiary/aromatic N) is 2. The van der Waals surface area contributed by atoms with E-state index in [4.69, 9.17) is 0 Å². The Balaban J connectivity index is 1.72. The van der Waals surface area contributed by atoms with E-state index in [2.05, 4.69) is 15.8 Å². The zero-order valence-electron chi connectivity index (χ0n) is 17.4. The number of benzene rings is 1. The summed E-state index contributed by atoms with van der Waals surface area (Å²) >= 11 is 0. The summed E-state index contributed by atoms with van der Waals surface area (Å²) in [7, 11) is 0. The summed E-state index contributed by atoms with van der Waals surface area (Å²) in [6.07, 6.45) is 1.72. The summed E-state index contributed by atoms with van der Waals surface area (Å²) < 4.78 is 41.7. The van der Waals surface area contributed by atoms with Crippen LogP contribution in [-0.2, 0) is 15.8 Å². The van der Waals surface area contributed by atoms with Crippen molar-refractivity contribution < 1.29 is 22.8 Å². The van der Waals surface area contributed by atoms with E-state index in [1.54, 1.807) is 26.0 Å².